The van der Waals surface area contributed by atoms with Crippen molar-refractivity contribution in [1.29, 1.82) is 0 Å². The van der Waals surface area contributed by atoms with Gasteiger partial charge in [-0.15, -0.1) is 4.09 Å². The van der Waals surface area contributed by atoms with E-state index in [9.17, 15) is 8.42 Å². The maximum Gasteiger partial charge on any atom is 0.429 e. The summed E-state index contributed by atoms with van der Waals surface area (Å²) in [6, 6.07) is 13.0. The summed E-state index contributed by atoms with van der Waals surface area (Å²) in [6.07, 6.45) is 1.61. The molecule has 0 aliphatic carbocycles. The van der Waals surface area contributed by atoms with Crippen molar-refractivity contribution in [3.8, 4) is 17.1 Å². The monoisotopic (exact) mass is 349 g/mol. The first kappa shape index (κ1) is 15.5. The summed E-state index contributed by atoms with van der Waals surface area (Å²) in [5, 5.41) is 4.57. The van der Waals surface area contributed by atoms with Crippen LogP contribution in [0, 0.1) is 6.92 Å². The van der Waals surface area contributed by atoms with Gasteiger partial charge >= 0.3 is 10.3 Å². The maximum atomic E-state index is 12.4. The highest BCUT2D eigenvalue weighted by molar-refractivity contribution is 7.85. The van der Waals surface area contributed by atoms with E-state index in [2.05, 4.69) is 10.1 Å². The molecule has 0 aliphatic heterocycles. The van der Waals surface area contributed by atoms with Crippen LogP contribution in [0.2, 0.25) is 5.02 Å². The molecule has 0 fully saturated rings. The minimum atomic E-state index is -4.11. The highest BCUT2D eigenvalue weighted by Gasteiger charge is 2.21. The van der Waals surface area contributed by atoms with Crippen LogP contribution < -0.4 is 4.18 Å². The van der Waals surface area contributed by atoms with Crippen LogP contribution in [0.25, 0.3) is 11.4 Å². The van der Waals surface area contributed by atoms with Crippen LogP contribution >= 0.6 is 11.6 Å². The van der Waals surface area contributed by atoms with Crippen molar-refractivity contribution in [2.24, 2.45) is 0 Å². The van der Waals surface area contributed by atoms with Gasteiger partial charge in [-0.1, -0.05) is 17.7 Å². The topological polar surface area (TPSA) is 74.1 Å². The van der Waals surface area contributed by atoms with Crippen LogP contribution in [-0.2, 0) is 10.3 Å². The number of halogens is 1. The molecule has 1 aromatic carbocycles. The summed E-state index contributed by atoms with van der Waals surface area (Å²) in [5.74, 6) is 0.156. The smallest absolute Gasteiger partial charge is 0.366 e. The van der Waals surface area contributed by atoms with Crippen LogP contribution in [-0.4, -0.2) is 22.6 Å². The molecule has 8 heteroatoms. The van der Waals surface area contributed by atoms with Crippen molar-refractivity contribution in [3.63, 3.8) is 0 Å². The molecule has 0 saturated heterocycles. The zero-order chi connectivity index (χ0) is 16.4. The van der Waals surface area contributed by atoms with E-state index in [1.807, 2.05) is 0 Å². The number of benzene rings is 1. The van der Waals surface area contributed by atoms with Gasteiger partial charge in [0.05, 0.1) is 11.4 Å². The minimum Gasteiger partial charge on any atom is -0.366 e. The summed E-state index contributed by atoms with van der Waals surface area (Å²) in [6.45, 7) is 1.63. The minimum absolute atomic E-state index is 0.156. The fourth-order valence-electron chi connectivity index (χ4n) is 1.97. The van der Waals surface area contributed by atoms with Crippen molar-refractivity contribution in [2.45, 2.75) is 6.92 Å². The normalized spacial score (nSPS) is 11.4. The summed E-state index contributed by atoms with van der Waals surface area (Å²) in [5.41, 5.74) is 1.45. The van der Waals surface area contributed by atoms with Gasteiger partial charge < -0.3 is 4.18 Å². The van der Waals surface area contributed by atoms with Gasteiger partial charge in [0, 0.05) is 11.2 Å². The fraction of sp³-hybridized carbons (Fsp3) is 0.0667. The molecule has 0 bridgehead atoms. The van der Waals surface area contributed by atoms with Gasteiger partial charge in [-0.2, -0.15) is 13.5 Å². The molecular formula is C15H12ClN3O3S. The molecule has 0 amide bonds. The van der Waals surface area contributed by atoms with Crippen LogP contribution in [0.1, 0.15) is 5.69 Å². The number of pyridine rings is 1. The number of hydrogen-bond acceptors (Lipinski definition) is 5. The Labute approximate surface area is 138 Å². The molecule has 2 aromatic heterocycles. The van der Waals surface area contributed by atoms with Gasteiger partial charge in [-0.05, 0) is 49.4 Å². The van der Waals surface area contributed by atoms with Gasteiger partial charge in [-0.3, -0.25) is 4.98 Å². The summed E-state index contributed by atoms with van der Waals surface area (Å²) >= 11 is 5.77. The summed E-state index contributed by atoms with van der Waals surface area (Å²) in [7, 11) is -4.11. The maximum absolute atomic E-state index is 12.4. The molecule has 118 valence electrons. The van der Waals surface area contributed by atoms with Gasteiger partial charge in [-0.25, -0.2) is 0 Å². The lowest BCUT2D eigenvalue weighted by Gasteiger charge is -2.07. The lowest BCUT2D eigenvalue weighted by atomic mass is 10.2. The highest BCUT2D eigenvalue weighted by Crippen LogP contribution is 2.21. The Bertz CT molecular complexity index is 922. The zero-order valence-electron chi connectivity index (χ0n) is 12.0. The molecule has 3 aromatic rings. The van der Waals surface area contributed by atoms with E-state index in [0.29, 0.717) is 22.1 Å². The predicted molar refractivity (Wildman–Crippen MR) is 86.6 cm³/mol. The molecule has 0 spiro atoms. The third-order valence-corrected chi connectivity index (χ3v) is 4.45. The second-order valence-corrected chi connectivity index (χ2v) is 6.53. The molecule has 0 aliphatic rings. The molecule has 6 nitrogen and oxygen atoms in total. The molecule has 2 heterocycles. The second-order valence-electron chi connectivity index (χ2n) is 4.72. The van der Waals surface area contributed by atoms with Crippen molar-refractivity contribution in [2.75, 3.05) is 0 Å². The predicted octanol–water partition coefficient (Wildman–Crippen LogP) is 3.08. The third kappa shape index (κ3) is 3.35. The molecule has 23 heavy (non-hydrogen) atoms. The van der Waals surface area contributed by atoms with E-state index in [4.69, 9.17) is 15.8 Å². The van der Waals surface area contributed by atoms with Crippen molar-refractivity contribution < 1.29 is 12.6 Å². The summed E-state index contributed by atoms with van der Waals surface area (Å²) < 4.78 is 30.7. The largest absolute Gasteiger partial charge is 0.429 e. The first-order chi connectivity index (χ1) is 11.0. The number of rotatable bonds is 4. The quantitative estimate of drug-likeness (QED) is 0.723. The standard InChI is InChI=1S/C15H12ClN3O3S/c1-11-10-15(14-4-2-3-9-17-14)18-19(11)23(20,21)22-13-7-5-12(16)6-8-13/h2-10H,1H3. The van der Waals surface area contributed by atoms with Crippen LogP contribution in [0.3, 0.4) is 0 Å². The van der Waals surface area contributed by atoms with Crippen LogP contribution in [0.5, 0.6) is 5.75 Å². The SMILES string of the molecule is Cc1cc(-c2ccccn2)nn1S(=O)(=O)Oc1ccc(Cl)cc1. The van der Waals surface area contributed by atoms with Gasteiger partial charge in [0.25, 0.3) is 0 Å². The van der Waals surface area contributed by atoms with Crippen molar-refractivity contribution in [1.82, 2.24) is 14.2 Å². The lowest BCUT2D eigenvalue weighted by molar-refractivity contribution is 0.468. The van der Waals surface area contributed by atoms with E-state index >= 15 is 0 Å². The van der Waals surface area contributed by atoms with Gasteiger partial charge in [0.15, 0.2) is 0 Å². The Kier molecular flexibility index (Phi) is 4.06. The molecule has 0 N–H and O–H groups in total. The number of aromatic nitrogens is 3. The highest BCUT2D eigenvalue weighted by atomic mass is 35.5. The summed E-state index contributed by atoms with van der Waals surface area (Å²) in [4.78, 5) is 4.15. The Hall–Kier alpha value is -2.38. The van der Waals surface area contributed by atoms with Gasteiger partial charge in [0.2, 0.25) is 0 Å². The molecule has 3 rings (SSSR count). The van der Waals surface area contributed by atoms with E-state index in [0.717, 1.165) is 4.09 Å². The van der Waals surface area contributed by atoms with E-state index in [-0.39, 0.29) is 5.75 Å². The third-order valence-electron chi connectivity index (χ3n) is 3.00. The number of aryl methyl sites for hydroxylation is 1. The molecule has 0 unspecified atom stereocenters. The number of nitrogens with zero attached hydrogens (tertiary/aromatic N) is 3. The second kappa shape index (κ2) is 6.02. The van der Waals surface area contributed by atoms with E-state index in [1.54, 1.807) is 49.5 Å². The average molecular weight is 350 g/mol. The molecule has 0 radical (unpaired) electrons. The van der Waals surface area contributed by atoms with Crippen LogP contribution in [0.4, 0.5) is 0 Å². The lowest BCUT2D eigenvalue weighted by Crippen LogP contribution is -2.21. The molecule has 0 saturated carbocycles. The first-order valence-corrected chi connectivity index (χ1v) is 8.39. The van der Waals surface area contributed by atoms with Gasteiger partial charge in [0.1, 0.15) is 11.4 Å². The first-order valence-electron chi connectivity index (χ1n) is 6.64. The Morgan fingerprint density at radius 3 is 2.48 bits per heavy atom. The van der Waals surface area contributed by atoms with Crippen molar-refractivity contribution >= 4 is 21.9 Å². The van der Waals surface area contributed by atoms with E-state index < -0.39 is 10.3 Å². The average Bonchev–Trinajstić information content (AvgIpc) is 2.93. The van der Waals surface area contributed by atoms with Crippen molar-refractivity contribution in [3.05, 3.63) is 65.4 Å². The number of hydrogen-bond donors (Lipinski definition) is 0. The Morgan fingerprint density at radius 1 is 1.09 bits per heavy atom. The van der Waals surface area contributed by atoms with Crippen LogP contribution in [0.15, 0.2) is 54.7 Å². The molecule has 0 atom stereocenters. The Morgan fingerprint density at radius 2 is 1.83 bits per heavy atom. The zero-order valence-corrected chi connectivity index (χ0v) is 13.6. The molecular weight excluding hydrogens is 338 g/mol. The fourth-order valence-corrected chi connectivity index (χ4v) is 3.12. The Balaban J connectivity index is 1.94. The van der Waals surface area contributed by atoms with E-state index in [1.165, 1.54) is 12.1 Å².